The molecule has 0 aromatic rings. The van der Waals surface area contributed by atoms with Gasteiger partial charge in [-0.2, -0.15) is 5.26 Å². The fourth-order valence-electron chi connectivity index (χ4n) is 0.618. The predicted octanol–water partition coefficient (Wildman–Crippen LogP) is 0.996. The molecule has 0 N–H and O–H groups in total. The summed E-state index contributed by atoms with van der Waals surface area (Å²) in [6.45, 7) is 6.95. The zero-order valence-electron chi connectivity index (χ0n) is 6.52. The molecule has 0 saturated carbocycles. The fourth-order valence-corrected chi connectivity index (χ4v) is 0.618. The van der Waals surface area contributed by atoms with Crippen molar-refractivity contribution in [2.75, 3.05) is 26.7 Å². The number of rotatable bonds is 3. The van der Waals surface area contributed by atoms with Crippen LogP contribution in [0.15, 0.2) is 0 Å². The summed E-state index contributed by atoms with van der Waals surface area (Å²) in [5.74, 6) is 0. The molecule has 0 unspecified atom stereocenters. The first kappa shape index (κ1) is 8.45. The Morgan fingerprint density at radius 2 is 1.78 bits per heavy atom. The highest BCUT2D eigenvalue weighted by Crippen LogP contribution is 1.97. The number of hydrogen-bond acceptors (Lipinski definition) is 1. The Bertz CT molecular complexity index is 109. The van der Waals surface area contributed by atoms with E-state index in [4.69, 9.17) is 5.26 Å². The van der Waals surface area contributed by atoms with Gasteiger partial charge in [0, 0.05) is 0 Å². The Kier molecular flexibility index (Phi) is 3.26. The van der Waals surface area contributed by atoms with Crippen molar-refractivity contribution >= 4 is 0 Å². The van der Waals surface area contributed by atoms with Gasteiger partial charge < -0.3 is 4.48 Å². The zero-order valence-corrected chi connectivity index (χ0v) is 6.52. The molecule has 0 spiro atoms. The van der Waals surface area contributed by atoms with E-state index in [1.165, 1.54) is 0 Å². The molecule has 0 aromatic carbocycles. The van der Waals surface area contributed by atoms with Crippen molar-refractivity contribution in [2.45, 2.75) is 13.8 Å². The first-order valence-corrected chi connectivity index (χ1v) is 3.39. The lowest BCUT2D eigenvalue weighted by Crippen LogP contribution is -2.43. The third-order valence-corrected chi connectivity index (χ3v) is 1.98. The molecule has 0 amide bonds. The van der Waals surface area contributed by atoms with Crippen LogP contribution in [0.5, 0.6) is 0 Å². The van der Waals surface area contributed by atoms with Crippen LogP contribution in [0.3, 0.4) is 0 Å². The molecule has 0 saturated heterocycles. The van der Waals surface area contributed by atoms with Gasteiger partial charge in [-0.1, -0.05) is 0 Å². The van der Waals surface area contributed by atoms with Crippen LogP contribution in [0.25, 0.3) is 0 Å². The van der Waals surface area contributed by atoms with E-state index >= 15 is 0 Å². The SMILES string of the molecule is CC[N+](C)(CC)CC#N. The number of nitriles is 1. The average Bonchev–Trinajstić information content (AvgIpc) is 1.89. The minimum atomic E-state index is 0.632. The molecule has 0 fully saturated rings. The highest BCUT2D eigenvalue weighted by atomic mass is 15.3. The Morgan fingerprint density at radius 1 is 1.33 bits per heavy atom. The van der Waals surface area contributed by atoms with Crippen molar-refractivity contribution in [3.05, 3.63) is 0 Å². The third-order valence-electron chi connectivity index (χ3n) is 1.98. The Labute approximate surface area is 57.3 Å². The summed E-state index contributed by atoms with van der Waals surface area (Å²) < 4.78 is 0.872. The van der Waals surface area contributed by atoms with Gasteiger partial charge in [-0.05, 0) is 13.8 Å². The number of hydrogen-bond donors (Lipinski definition) is 0. The topological polar surface area (TPSA) is 23.8 Å². The average molecular weight is 127 g/mol. The van der Waals surface area contributed by atoms with Crippen LogP contribution >= 0.6 is 0 Å². The third kappa shape index (κ3) is 2.48. The summed E-state index contributed by atoms with van der Waals surface area (Å²) in [4.78, 5) is 0. The highest BCUT2D eigenvalue weighted by molar-refractivity contribution is 4.67. The number of nitrogens with zero attached hydrogens (tertiary/aromatic N) is 2. The van der Waals surface area contributed by atoms with Gasteiger partial charge in [-0.25, -0.2) is 0 Å². The summed E-state index contributed by atoms with van der Waals surface area (Å²) in [6, 6.07) is 2.18. The van der Waals surface area contributed by atoms with E-state index in [9.17, 15) is 0 Å². The first-order chi connectivity index (χ1) is 4.18. The molecule has 0 aliphatic heterocycles. The van der Waals surface area contributed by atoms with E-state index in [0.29, 0.717) is 6.54 Å². The van der Waals surface area contributed by atoms with Crippen LogP contribution in [0, 0.1) is 11.3 Å². The smallest absolute Gasteiger partial charge is 0.166 e. The maximum absolute atomic E-state index is 8.40. The van der Waals surface area contributed by atoms with Gasteiger partial charge >= 0.3 is 0 Å². The number of quaternary nitrogens is 1. The Hall–Kier alpha value is -0.550. The van der Waals surface area contributed by atoms with Crippen LogP contribution < -0.4 is 0 Å². The molecule has 0 atom stereocenters. The molecule has 0 rings (SSSR count). The van der Waals surface area contributed by atoms with Crippen LogP contribution in [-0.4, -0.2) is 31.2 Å². The second kappa shape index (κ2) is 3.47. The molecule has 0 aromatic heterocycles. The first-order valence-electron chi connectivity index (χ1n) is 3.39. The van der Waals surface area contributed by atoms with E-state index in [2.05, 4.69) is 27.0 Å². The van der Waals surface area contributed by atoms with Gasteiger partial charge in [0.25, 0.3) is 0 Å². The highest BCUT2D eigenvalue weighted by Gasteiger charge is 2.13. The Balaban J connectivity index is 3.80. The molecular weight excluding hydrogens is 112 g/mol. The van der Waals surface area contributed by atoms with E-state index < -0.39 is 0 Å². The molecular formula is C7H15N2+. The van der Waals surface area contributed by atoms with Gasteiger partial charge in [0.2, 0.25) is 0 Å². The largest absolute Gasteiger partial charge is 0.315 e. The Morgan fingerprint density at radius 3 is 1.89 bits per heavy atom. The summed E-state index contributed by atoms with van der Waals surface area (Å²) in [6.07, 6.45) is 0. The van der Waals surface area contributed by atoms with E-state index in [1.54, 1.807) is 0 Å². The second-order valence-corrected chi connectivity index (χ2v) is 2.57. The van der Waals surface area contributed by atoms with Gasteiger partial charge in [0.05, 0.1) is 20.1 Å². The standard InChI is InChI=1S/C7H15N2/c1-4-9(3,5-2)7-6-8/h4-5,7H2,1-3H3/q+1. The lowest BCUT2D eigenvalue weighted by Gasteiger charge is -2.28. The molecule has 0 bridgehead atoms. The normalized spacial score (nSPS) is 10.9. The van der Waals surface area contributed by atoms with Crippen molar-refractivity contribution in [2.24, 2.45) is 0 Å². The minimum absolute atomic E-state index is 0.632. The monoisotopic (exact) mass is 127 g/mol. The molecule has 52 valence electrons. The maximum atomic E-state index is 8.40. The van der Waals surface area contributed by atoms with Crippen molar-refractivity contribution in [1.29, 1.82) is 5.26 Å². The second-order valence-electron chi connectivity index (χ2n) is 2.57. The van der Waals surface area contributed by atoms with Gasteiger partial charge in [0.1, 0.15) is 6.07 Å². The summed E-state index contributed by atoms with van der Waals surface area (Å²) in [5, 5.41) is 8.40. The van der Waals surface area contributed by atoms with Crippen molar-refractivity contribution in [3.63, 3.8) is 0 Å². The van der Waals surface area contributed by atoms with Crippen LogP contribution in [0.4, 0.5) is 0 Å². The lowest BCUT2D eigenvalue weighted by molar-refractivity contribution is -0.899. The molecule has 2 nitrogen and oxygen atoms in total. The summed E-state index contributed by atoms with van der Waals surface area (Å²) in [7, 11) is 2.10. The van der Waals surface area contributed by atoms with Gasteiger partial charge in [0.15, 0.2) is 6.54 Å². The molecule has 2 heteroatoms. The fraction of sp³-hybridized carbons (Fsp3) is 0.857. The summed E-state index contributed by atoms with van der Waals surface area (Å²) >= 11 is 0. The van der Waals surface area contributed by atoms with E-state index in [0.717, 1.165) is 17.6 Å². The van der Waals surface area contributed by atoms with Crippen LogP contribution in [0.1, 0.15) is 13.8 Å². The molecule has 0 aliphatic carbocycles. The van der Waals surface area contributed by atoms with E-state index in [1.807, 2.05) is 0 Å². The minimum Gasteiger partial charge on any atom is -0.315 e. The molecule has 9 heavy (non-hydrogen) atoms. The maximum Gasteiger partial charge on any atom is 0.166 e. The summed E-state index contributed by atoms with van der Waals surface area (Å²) in [5.41, 5.74) is 0. The zero-order chi connectivity index (χ0) is 7.33. The van der Waals surface area contributed by atoms with Crippen LogP contribution in [-0.2, 0) is 0 Å². The van der Waals surface area contributed by atoms with Gasteiger partial charge in [-0.3, -0.25) is 0 Å². The lowest BCUT2D eigenvalue weighted by atomic mass is 10.4. The van der Waals surface area contributed by atoms with Crippen molar-refractivity contribution in [3.8, 4) is 6.07 Å². The molecule has 0 heterocycles. The van der Waals surface area contributed by atoms with Crippen LogP contribution in [0.2, 0.25) is 0 Å². The van der Waals surface area contributed by atoms with Gasteiger partial charge in [-0.15, -0.1) is 0 Å². The molecule has 0 radical (unpaired) electrons. The molecule has 0 aliphatic rings. The predicted molar refractivity (Wildman–Crippen MR) is 37.7 cm³/mol. The van der Waals surface area contributed by atoms with Crippen molar-refractivity contribution in [1.82, 2.24) is 0 Å². The van der Waals surface area contributed by atoms with E-state index in [-0.39, 0.29) is 0 Å². The van der Waals surface area contributed by atoms with Crippen molar-refractivity contribution < 1.29 is 4.48 Å². The quantitative estimate of drug-likeness (QED) is 0.410.